The van der Waals surface area contributed by atoms with Crippen LogP contribution in [0.2, 0.25) is 0 Å². The van der Waals surface area contributed by atoms with Crippen molar-refractivity contribution in [3.05, 3.63) is 83.0 Å². The van der Waals surface area contributed by atoms with Crippen LogP contribution >= 0.6 is 0 Å². The molecule has 0 unspecified atom stereocenters. The van der Waals surface area contributed by atoms with E-state index in [2.05, 4.69) is 15.2 Å². The van der Waals surface area contributed by atoms with Gasteiger partial charge in [-0.3, -0.25) is 0 Å². The predicted molar refractivity (Wildman–Crippen MR) is 122 cm³/mol. The molecule has 162 valence electrons. The SMILES string of the molecule is COC(=O)c1nnc(-c2cc(=O)oc3c2ccc2ccccc23)c(-c2ccc(OC)cc2)n1. The van der Waals surface area contributed by atoms with Crippen molar-refractivity contribution in [3.8, 4) is 28.3 Å². The van der Waals surface area contributed by atoms with E-state index in [1.807, 2.05) is 36.4 Å². The number of hydrogen-bond donors (Lipinski definition) is 0. The number of fused-ring (bicyclic) bond motifs is 3. The highest BCUT2D eigenvalue weighted by atomic mass is 16.5. The van der Waals surface area contributed by atoms with E-state index < -0.39 is 11.6 Å². The second-order valence-corrected chi connectivity index (χ2v) is 7.20. The number of benzene rings is 3. The smallest absolute Gasteiger partial charge is 0.378 e. The van der Waals surface area contributed by atoms with E-state index in [1.54, 1.807) is 31.4 Å². The summed E-state index contributed by atoms with van der Waals surface area (Å²) in [7, 11) is 2.81. The number of nitrogens with zero attached hydrogens (tertiary/aromatic N) is 3. The standard InChI is InChI=1S/C25H17N3O5/c1-31-16-10-7-15(8-11-16)21-22(27-28-24(26-21)25(30)32-2)19-13-20(29)33-23-17-6-4-3-5-14(17)9-12-18(19)23/h3-13H,1-2H3. The van der Waals surface area contributed by atoms with Gasteiger partial charge in [0.25, 0.3) is 5.82 Å². The summed E-state index contributed by atoms with van der Waals surface area (Å²) in [6, 6.07) is 19.9. The van der Waals surface area contributed by atoms with Gasteiger partial charge in [0.05, 0.1) is 14.2 Å². The highest BCUT2D eigenvalue weighted by Gasteiger charge is 2.21. The molecule has 0 N–H and O–H groups in total. The number of ether oxygens (including phenoxy) is 2. The fraction of sp³-hybridized carbons (Fsp3) is 0.0800. The molecule has 0 saturated heterocycles. The Balaban J connectivity index is 1.82. The van der Waals surface area contributed by atoms with Crippen LogP contribution in [0.1, 0.15) is 10.6 Å². The van der Waals surface area contributed by atoms with Gasteiger partial charge in [0.1, 0.15) is 22.7 Å². The first-order valence-corrected chi connectivity index (χ1v) is 10.0. The minimum absolute atomic E-state index is 0.190. The first-order valence-electron chi connectivity index (χ1n) is 10.0. The van der Waals surface area contributed by atoms with Gasteiger partial charge in [-0.25, -0.2) is 14.6 Å². The first-order chi connectivity index (χ1) is 16.1. The Hall–Kier alpha value is -4.59. The Morgan fingerprint density at radius 3 is 2.42 bits per heavy atom. The number of aromatic nitrogens is 3. The van der Waals surface area contributed by atoms with Crippen molar-refractivity contribution in [1.82, 2.24) is 15.2 Å². The van der Waals surface area contributed by atoms with Crippen LogP contribution in [-0.2, 0) is 4.74 Å². The van der Waals surface area contributed by atoms with Gasteiger partial charge in [-0.1, -0.05) is 30.3 Å². The zero-order valence-corrected chi connectivity index (χ0v) is 17.7. The number of methoxy groups -OCH3 is 2. The van der Waals surface area contributed by atoms with Gasteiger partial charge >= 0.3 is 11.6 Å². The molecule has 0 amide bonds. The molecule has 0 aliphatic carbocycles. The molecular weight excluding hydrogens is 422 g/mol. The molecule has 0 aliphatic heterocycles. The van der Waals surface area contributed by atoms with Crippen molar-refractivity contribution in [2.75, 3.05) is 14.2 Å². The van der Waals surface area contributed by atoms with Crippen molar-refractivity contribution < 1.29 is 18.7 Å². The molecule has 8 nitrogen and oxygen atoms in total. The summed E-state index contributed by atoms with van der Waals surface area (Å²) >= 11 is 0. The summed E-state index contributed by atoms with van der Waals surface area (Å²) in [4.78, 5) is 29.1. The van der Waals surface area contributed by atoms with Crippen LogP contribution in [0.25, 0.3) is 44.3 Å². The Morgan fingerprint density at radius 2 is 1.67 bits per heavy atom. The number of esters is 1. The van der Waals surface area contributed by atoms with E-state index in [-0.39, 0.29) is 5.82 Å². The molecule has 0 saturated carbocycles. The largest absolute Gasteiger partial charge is 0.497 e. The summed E-state index contributed by atoms with van der Waals surface area (Å²) < 4.78 is 15.6. The van der Waals surface area contributed by atoms with Gasteiger partial charge in [0.2, 0.25) is 0 Å². The molecule has 0 atom stereocenters. The van der Waals surface area contributed by atoms with Crippen molar-refractivity contribution in [3.63, 3.8) is 0 Å². The predicted octanol–water partition coefficient (Wildman–Crippen LogP) is 4.26. The van der Waals surface area contributed by atoms with E-state index in [1.165, 1.54) is 13.2 Å². The van der Waals surface area contributed by atoms with Crippen molar-refractivity contribution in [2.45, 2.75) is 0 Å². The number of rotatable bonds is 4. The quantitative estimate of drug-likeness (QED) is 0.232. The molecule has 0 radical (unpaired) electrons. The van der Waals surface area contributed by atoms with Gasteiger partial charge in [-0.15, -0.1) is 10.2 Å². The van der Waals surface area contributed by atoms with Gasteiger partial charge in [-0.2, -0.15) is 0 Å². The van der Waals surface area contributed by atoms with E-state index in [4.69, 9.17) is 13.9 Å². The normalized spacial score (nSPS) is 11.0. The molecule has 5 rings (SSSR count). The maximum absolute atomic E-state index is 12.5. The number of carbonyl (C=O) groups is 1. The van der Waals surface area contributed by atoms with Crippen LogP contribution in [0.15, 0.2) is 75.9 Å². The Morgan fingerprint density at radius 1 is 0.879 bits per heavy atom. The lowest BCUT2D eigenvalue weighted by Crippen LogP contribution is -2.11. The van der Waals surface area contributed by atoms with Gasteiger partial charge in [0, 0.05) is 28.0 Å². The van der Waals surface area contributed by atoms with Crippen LogP contribution < -0.4 is 10.4 Å². The Labute approximate surface area is 187 Å². The third-order valence-electron chi connectivity index (χ3n) is 5.31. The lowest BCUT2D eigenvalue weighted by atomic mass is 9.99. The second kappa shape index (κ2) is 8.16. The Kier molecular flexibility index (Phi) is 5.02. The maximum Gasteiger partial charge on any atom is 0.378 e. The van der Waals surface area contributed by atoms with E-state index in [0.29, 0.717) is 39.2 Å². The zero-order chi connectivity index (χ0) is 22.9. The highest BCUT2D eigenvalue weighted by molar-refractivity contribution is 6.09. The molecule has 33 heavy (non-hydrogen) atoms. The molecule has 5 aromatic rings. The minimum Gasteiger partial charge on any atom is -0.497 e. The Bertz CT molecular complexity index is 1580. The van der Waals surface area contributed by atoms with Gasteiger partial charge < -0.3 is 13.9 Å². The molecule has 0 fully saturated rings. The van der Waals surface area contributed by atoms with Gasteiger partial charge in [-0.05, 0) is 35.7 Å². The molecule has 2 aromatic heterocycles. The summed E-state index contributed by atoms with van der Waals surface area (Å²) in [6.07, 6.45) is 0. The van der Waals surface area contributed by atoms with Crippen LogP contribution in [-0.4, -0.2) is 35.4 Å². The third-order valence-corrected chi connectivity index (χ3v) is 5.31. The lowest BCUT2D eigenvalue weighted by molar-refractivity contribution is 0.0585. The summed E-state index contributed by atoms with van der Waals surface area (Å²) in [5, 5.41) is 10.6. The fourth-order valence-corrected chi connectivity index (χ4v) is 3.72. The summed E-state index contributed by atoms with van der Waals surface area (Å²) in [5.41, 5.74) is 1.76. The number of hydrogen-bond acceptors (Lipinski definition) is 8. The lowest BCUT2D eigenvalue weighted by Gasteiger charge is -2.12. The van der Waals surface area contributed by atoms with E-state index in [0.717, 1.165) is 10.8 Å². The second-order valence-electron chi connectivity index (χ2n) is 7.20. The molecule has 0 spiro atoms. The zero-order valence-electron chi connectivity index (χ0n) is 17.7. The third kappa shape index (κ3) is 3.57. The molecule has 8 heteroatoms. The fourth-order valence-electron chi connectivity index (χ4n) is 3.72. The average Bonchev–Trinajstić information content (AvgIpc) is 2.87. The van der Waals surface area contributed by atoms with E-state index in [9.17, 15) is 9.59 Å². The monoisotopic (exact) mass is 439 g/mol. The van der Waals surface area contributed by atoms with Crippen LogP contribution in [0.3, 0.4) is 0 Å². The minimum atomic E-state index is -0.716. The maximum atomic E-state index is 12.5. The molecule has 0 bridgehead atoms. The topological polar surface area (TPSA) is 104 Å². The summed E-state index contributed by atoms with van der Waals surface area (Å²) in [6.45, 7) is 0. The van der Waals surface area contributed by atoms with E-state index >= 15 is 0 Å². The molecular formula is C25H17N3O5. The molecule has 3 aromatic carbocycles. The van der Waals surface area contributed by atoms with Crippen molar-refractivity contribution >= 4 is 27.7 Å². The van der Waals surface area contributed by atoms with Crippen molar-refractivity contribution in [2.24, 2.45) is 0 Å². The van der Waals surface area contributed by atoms with Crippen LogP contribution in [0.4, 0.5) is 0 Å². The highest BCUT2D eigenvalue weighted by Crippen LogP contribution is 2.35. The van der Waals surface area contributed by atoms with Crippen LogP contribution in [0.5, 0.6) is 5.75 Å². The first kappa shape index (κ1) is 20.3. The summed E-state index contributed by atoms with van der Waals surface area (Å²) in [5.74, 6) is -0.246. The van der Waals surface area contributed by atoms with Crippen molar-refractivity contribution in [1.29, 1.82) is 0 Å². The molecule has 2 heterocycles. The number of carbonyl (C=O) groups excluding carboxylic acids is 1. The van der Waals surface area contributed by atoms with Gasteiger partial charge in [0.15, 0.2) is 0 Å². The van der Waals surface area contributed by atoms with Crippen LogP contribution in [0, 0.1) is 0 Å². The average molecular weight is 439 g/mol. The molecule has 0 aliphatic rings.